The van der Waals surface area contributed by atoms with Crippen LogP contribution in [0.3, 0.4) is 0 Å². The van der Waals surface area contributed by atoms with Crippen LogP contribution in [0.5, 0.6) is 0 Å². The van der Waals surface area contributed by atoms with Crippen LogP contribution in [-0.2, 0) is 4.84 Å². The fourth-order valence-corrected chi connectivity index (χ4v) is 0.318. The quantitative estimate of drug-likeness (QED) is 0.500. The van der Waals surface area contributed by atoms with Crippen LogP contribution in [0.15, 0.2) is 24.2 Å². The van der Waals surface area contributed by atoms with Gasteiger partial charge in [0, 0.05) is 0 Å². The summed E-state index contributed by atoms with van der Waals surface area (Å²) in [4.78, 5) is 4.56. The minimum Gasteiger partial charge on any atom is -0.389 e. The van der Waals surface area contributed by atoms with Gasteiger partial charge in [-0.25, -0.2) is 5.48 Å². The van der Waals surface area contributed by atoms with E-state index in [1.807, 2.05) is 0 Å². The van der Waals surface area contributed by atoms with E-state index in [9.17, 15) is 0 Å². The molecule has 0 unspecified atom stereocenters. The first kappa shape index (κ1) is 7.17. The molecule has 0 aromatic rings. The molecule has 4 heteroatoms. The van der Waals surface area contributed by atoms with Gasteiger partial charge >= 0.3 is 0 Å². The molecule has 1 aliphatic heterocycles. The Morgan fingerprint density at radius 1 is 1.62 bits per heavy atom. The maximum Gasteiger partial charge on any atom is 0.131 e. The first-order valence-corrected chi connectivity index (χ1v) is 1.93. The van der Waals surface area contributed by atoms with Gasteiger partial charge in [0.2, 0.25) is 0 Å². The van der Waals surface area contributed by atoms with Crippen LogP contribution in [0.2, 0.25) is 0 Å². The smallest absolute Gasteiger partial charge is 0.131 e. The molecule has 0 aromatic carbocycles. The Hall–Kier alpha value is -0.830. The highest BCUT2D eigenvalue weighted by Gasteiger charge is 1.86. The highest BCUT2D eigenvalue weighted by Crippen LogP contribution is 1.87. The number of rotatable bonds is 0. The van der Waals surface area contributed by atoms with Gasteiger partial charge in [0.1, 0.15) is 12.1 Å². The molecular weight excluding hydrogens is 128 g/mol. The Labute approximate surface area is 53.6 Å². The van der Waals surface area contributed by atoms with Gasteiger partial charge in [-0.2, -0.15) is 0 Å². The molecule has 0 aromatic heterocycles. The number of hydrogen-bond donors (Lipinski definition) is 2. The average molecular weight is 135 g/mol. The summed E-state index contributed by atoms with van der Waals surface area (Å²) in [7, 11) is 0. The number of allylic oxidation sites excluding steroid dienone is 2. The van der Waals surface area contributed by atoms with E-state index in [0.717, 1.165) is 0 Å². The maximum absolute atomic E-state index is 5.21. The second-order valence-electron chi connectivity index (χ2n) is 1.17. The van der Waals surface area contributed by atoms with Gasteiger partial charge in [-0.1, -0.05) is 0 Å². The van der Waals surface area contributed by atoms with Gasteiger partial charge in [-0.05, 0) is 12.2 Å². The van der Waals surface area contributed by atoms with E-state index >= 15 is 0 Å². The van der Waals surface area contributed by atoms with Crippen molar-refractivity contribution in [1.82, 2.24) is 5.48 Å². The molecule has 0 atom stereocenters. The van der Waals surface area contributed by atoms with Gasteiger partial charge in [-0.15, -0.1) is 12.4 Å². The normalized spacial score (nSPS) is 14.8. The Morgan fingerprint density at radius 2 is 2.38 bits per heavy atom. The Morgan fingerprint density at radius 3 is 2.62 bits per heavy atom. The van der Waals surface area contributed by atoms with Crippen LogP contribution in [-0.4, -0.2) is 0 Å². The predicted molar refractivity (Wildman–Crippen MR) is 32.9 cm³/mol. The predicted octanol–water partition coefficient (Wildman–Crippen LogP) is 0.257. The average Bonchev–Trinajstić information content (AvgIpc) is 1.69. The van der Waals surface area contributed by atoms with Crippen LogP contribution < -0.4 is 11.2 Å². The van der Waals surface area contributed by atoms with Crippen LogP contribution >= 0.6 is 12.4 Å². The zero-order valence-electron chi connectivity index (χ0n) is 4.13. The molecular formula is C4H7ClN2O. The van der Waals surface area contributed by atoms with Crippen molar-refractivity contribution in [2.45, 2.75) is 0 Å². The lowest BCUT2D eigenvalue weighted by molar-refractivity contribution is 0.158. The number of nitrogens with two attached hydrogens (primary N) is 1. The topological polar surface area (TPSA) is 47.3 Å². The molecule has 1 heterocycles. The summed E-state index contributed by atoms with van der Waals surface area (Å²) in [5.41, 5.74) is 7.64. The summed E-state index contributed by atoms with van der Waals surface area (Å²) in [6.07, 6.45) is 4.94. The molecule has 3 N–H and O–H groups in total. The lowest BCUT2D eigenvalue weighted by Gasteiger charge is -2.05. The summed E-state index contributed by atoms with van der Waals surface area (Å²) >= 11 is 0. The van der Waals surface area contributed by atoms with E-state index in [1.165, 1.54) is 6.26 Å². The zero-order chi connectivity index (χ0) is 5.11. The number of hydrogen-bond acceptors (Lipinski definition) is 3. The van der Waals surface area contributed by atoms with Crippen LogP contribution in [0.4, 0.5) is 0 Å². The van der Waals surface area contributed by atoms with Crippen molar-refractivity contribution < 1.29 is 4.84 Å². The molecule has 0 bridgehead atoms. The Kier molecular flexibility index (Phi) is 2.88. The van der Waals surface area contributed by atoms with E-state index in [0.29, 0.717) is 5.82 Å². The first-order chi connectivity index (χ1) is 3.39. The summed E-state index contributed by atoms with van der Waals surface area (Å²) < 4.78 is 0. The molecule has 0 saturated heterocycles. The van der Waals surface area contributed by atoms with E-state index in [1.54, 1.807) is 12.2 Å². The minimum atomic E-state index is 0. The van der Waals surface area contributed by atoms with Gasteiger partial charge < -0.3 is 10.6 Å². The Bertz CT molecular complexity index is 121. The molecule has 0 amide bonds. The number of halogens is 1. The fraction of sp³-hybridized carbons (Fsp3) is 0. The SMILES string of the molecule is Cl.NC1=CC=CON1. The molecule has 0 radical (unpaired) electrons. The second-order valence-corrected chi connectivity index (χ2v) is 1.17. The van der Waals surface area contributed by atoms with E-state index in [-0.39, 0.29) is 12.4 Å². The van der Waals surface area contributed by atoms with Crippen LogP contribution in [0.1, 0.15) is 0 Å². The molecule has 0 spiro atoms. The third kappa shape index (κ3) is 1.75. The van der Waals surface area contributed by atoms with Crippen molar-refractivity contribution in [2.24, 2.45) is 5.73 Å². The lowest BCUT2D eigenvalue weighted by Crippen LogP contribution is -2.19. The Balaban J connectivity index is 0.000000490. The van der Waals surface area contributed by atoms with E-state index in [4.69, 9.17) is 5.73 Å². The number of nitrogens with one attached hydrogen (secondary N) is 1. The highest BCUT2D eigenvalue weighted by atomic mass is 35.5. The molecule has 0 saturated carbocycles. The number of hydroxylamine groups is 1. The summed E-state index contributed by atoms with van der Waals surface area (Å²) in [6.45, 7) is 0. The van der Waals surface area contributed by atoms with Gasteiger partial charge in [0.05, 0.1) is 0 Å². The molecule has 1 aliphatic rings. The van der Waals surface area contributed by atoms with Crippen molar-refractivity contribution in [2.75, 3.05) is 0 Å². The van der Waals surface area contributed by atoms with Gasteiger partial charge in [0.25, 0.3) is 0 Å². The van der Waals surface area contributed by atoms with Crippen molar-refractivity contribution >= 4 is 12.4 Å². The van der Waals surface area contributed by atoms with Crippen molar-refractivity contribution in [1.29, 1.82) is 0 Å². The lowest BCUT2D eigenvalue weighted by atomic mass is 10.5. The molecule has 3 nitrogen and oxygen atoms in total. The van der Waals surface area contributed by atoms with E-state index < -0.39 is 0 Å². The first-order valence-electron chi connectivity index (χ1n) is 1.93. The fourth-order valence-electron chi connectivity index (χ4n) is 0.318. The summed E-state index contributed by atoms with van der Waals surface area (Å²) in [6, 6.07) is 0. The molecule has 0 fully saturated rings. The third-order valence-corrected chi connectivity index (χ3v) is 0.599. The van der Waals surface area contributed by atoms with Crippen molar-refractivity contribution in [3.8, 4) is 0 Å². The third-order valence-electron chi connectivity index (χ3n) is 0.599. The monoisotopic (exact) mass is 134 g/mol. The second kappa shape index (κ2) is 3.21. The summed E-state index contributed by atoms with van der Waals surface area (Å²) in [5, 5.41) is 0. The van der Waals surface area contributed by atoms with Crippen LogP contribution in [0, 0.1) is 0 Å². The minimum absolute atomic E-state index is 0. The zero-order valence-corrected chi connectivity index (χ0v) is 4.94. The van der Waals surface area contributed by atoms with Crippen molar-refractivity contribution in [3.63, 3.8) is 0 Å². The molecule has 46 valence electrons. The highest BCUT2D eigenvalue weighted by molar-refractivity contribution is 5.85. The molecule has 0 aliphatic carbocycles. The maximum atomic E-state index is 5.21. The molecule has 8 heavy (non-hydrogen) atoms. The van der Waals surface area contributed by atoms with Crippen molar-refractivity contribution in [3.05, 3.63) is 24.2 Å². The van der Waals surface area contributed by atoms with Gasteiger partial charge in [-0.3, -0.25) is 0 Å². The standard InChI is InChI=1S/C4H6N2O.ClH/c5-4-2-1-3-7-6-4;/h1-3,6H,5H2;1H. The largest absolute Gasteiger partial charge is 0.389 e. The summed E-state index contributed by atoms with van der Waals surface area (Å²) in [5.74, 6) is 0.530. The van der Waals surface area contributed by atoms with E-state index in [2.05, 4.69) is 10.3 Å². The van der Waals surface area contributed by atoms with Crippen LogP contribution in [0.25, 0.3) is 0 Å². The van der Waals surface area contributed by atoms with Gasteiger partial charge in [0.15, 0.2) is 0 Å². The molecule has 1 rings (SSSR count).